The number of aromatic nitrogens is 7. The molecular formula is C19H20FN7. The Morgan fingerprint density at radius 1 is 1.07 bits per heavy atom. The Morgan fingerprint density at radius 3 is 2.74 bits per heavy atom. The molecule has 0 aliphatic heterocycles. The van der Waals surface area contributed by atoms with Gasteiger partial charge in [-0.3, -0.25) is 4.40 Å². The molecule has 0 saturated carbocycles. The third-order valence-electron chi connectivity index (χ3n) is 4.54. The second kappa shape index (κ2) is 7.22. The fourth-order valence-electron chi connectivity index (χ4n) is 3.23. The van der Waals surface area contributed by atoms with Gasteiger partial charge >= 0.3 is 0 Å². The molecule has 4 aromatic rings. The maximum absolute atomic E-state index is 14.2. The summed E-state index contributed by atoms with van der Waals surface area (Å²) in [6.45, 7) is 4.63. The number of hydrogen-bond acceptors (Lipinski definition) is 5. The van der Waals surface area contributed by atoms with Crippen LogP contribution >= 0.6 is 0 Å². The molecule has 8 heteroatoms. The fraction of sp³-hybridized carbons (Fsp3) is 0.316. The van der Waals surface area contributed by atoms with Crippen LogP contribution in [0.15, 0.2) is 37.1 Å². The Balaban J connectivity index is 1.78. The van der Waals surface area contributed by atoms with Crippen LogP contribution < -0.4 is 0 Å². The van der Waals surface area contributed by atoms with Crippen molar-refractivity contribution < 1.29 is 4.39 Å². The summed E-state index contributed by atoms with van der Waals surface area (Å²) in [5, 5.41) is 8.63. The van der Waals surface area contributed by atoms with E-state index >= 15 is 0 Å². The molecule has 4 aromatic heterocycles. The number of pyridine rings is 1. The van der Waals surface area contributed by atoms with Crippen molar-refractivity contribution >= 4 is 5.65 Å². The average molecular weight is 365 g/mol. The van der Waals surface area contributed by atoms with Crippen LogP contribution in [0.5, 0.6) is 0 Å². The summed E-state index contributed by atoms with van der Waals surface area (Å²) in [6, 6.07) is 2.95. The lowest BCUT2D eigenvalue weighted by atomic mass is 10.1. The summed E-state index contributed by atoms with van der Waals surface area (Å²) in [7, 11) is 0. The van der Waals surface area contributed by atoms with Crippen molar-refractivity contribution in [2.24, 2.45) is 0 Å². The molecule has 138 valence electrons. The molecule has 0 aliphatic carbocycles. The molecule has 4 heterocycles. The highest BCUT2D eigenvalue weighted by Crippen LogP contribution is 2.22. The van der Waals surface area contributed by atoms with Gasteiger partial charge in [0.2, 0.25) is 0 Å². The quantitative estimate of drug-likeness (QED) is 0.525. The molecular weight excluding hydrogens is 345 g/mol. The molecule has 0 saturated heterocycles. The minimum absolute atomic E-state index is 0.233. The maximum atomic E-state index is 14.2. The Labute approximate surface area is 156 Å². The highest BCUT2D eigenvalue weighted by Gasteiger charge is 2.17. The highest BCUT2D eigenvalue weighted by molar-refractivity contribution is 5.52. The topological polar surface area (TPSA) is 73.8 Å². The van der Waals surface area contributed by atoms with Crippen LogP contribution in [0.2, 0.25) is 0 Å². The van der Waals surface area contributed by atoms with Gasteiger partial charge in [0, 0.05) is 30.6 Å². The Bertz CT molecular complexity index is 1080. The predicted molar refractivity (Wildman–Crippen MR) is 98.7 cm³/mol. The minimum atomic E-state index is -0.396. The Kier molecular flexibility index (Phi) is 4.62. The van der Waals surface area contributed by atoms with E-state index in [1.165, 1.54) is 6.07 Å². The van der Waals surface area contributed by atoms with Crippen LogP contribution in [-0.4, -0.2) is 34.1 Å². The predicted octanol–water partition coefficient (Wildman–Crippen LogP) is 3.09. The molecule has 0 N–H and O–H groups in total. The van der Waals surface area contributed by atoms with Crippen molar-refractivity contribution in [1.29, 1.82) is 0 Å². The third-order valence-corrected chi connectivity index (χ3v) is 4.54. The number of aryl methyl sites for hydroxylation is 2. The molecule has 7 nitrogen and oxygen atoms in total. The first-order valence-electron chi connectivity index (χ1n) is 9.05. The van der Waals surface area contributed by atoms with Crippen LogP contribution in [0.1, 0.15) is 37.4 Å². The summed E-state index contributed by atoms with van der Waals surface area (Å²) in [4.78, 5) is 13.1. The van der Waals surface area contributed by atoms with Gasteiger partial charge in [-0.2, -0.15) is 0 Å². The molecule has 0 unspecified atom stereocenters. The van der Waals surface area contributed by atoms with E-state index in [1.54, 1.807) is 24.8 Å². The van der Waals surface area contributed by atoms with E-state index in [4.69, 9.17) is 0 Å². The van der Waals surface area contributed by atoms with Crippen molar-refractivity contribution in [2.75, 3.05) is 0 Å². The number of halogens is 1. The van der Waals surface area contributed by atoms with Gasteiger partial charge in [0.15, 0.2) is 17.3 Å². The lowest BCUT2D eigenvalue weighted by Gasteiger charge is -2.12. The van der Waals surface area contributed by atoms with Gasteiger partial charge in [0.05, 0.1) is 12.2 Å². The lowest BCUT2D eigenvalue weighted by molar-refractivity contribution is 0.621. The lowest BCUT2D eigenvalue weighted by Crippen LogP contribution is -2.10. The first kappa shape index (κ1) is 17.3. The van der Waals surface area contributed by atoms with E-state index in [0.29, 0.717) is 12.4 Å². The molecule has 0 radical (unpaired) electrons. The van der Waals surface area contributed by atoms with Gasteiger partial charge in [-0.15, -0.1) is 10.2 Å². The van der Waals surface area contributed by atoms with Gasteiger partial charge in [-0.25, -0.2) is 19.3 Å². The normalized spacial score (nSPS) is 11.4. The zero-order chi connectivity index (χ0) is 18.8. The third kappa shape index (κ3) is 3.07. The van der Waals surface area contributed by atoms with Crippen molar-refractivity contribution in [3.63, 3.8) is 0 Å². The summed E-state index contributed by atoms with van der Waals surface area (Å²) in [5.41, 5.74) is 3.02. The molecule has 27 heavy (non-hydrogen) atoms. The molecule has 0 bridgehead atoms. The van der Waals surface area contributed by atoms with Gasteiger partial charge < -0.3 is 4.57 Å². The van der Waals surface area contributed by atoms with Gasteiger partial charge in [-0.1, -0.05) is 20.3 Å². The number of rotatable bonds is 6. The monoisotopic (exact) mass is 365 g/mol. The maximum Gasteiger partial charge on any atom is 0.167 e. The highest BCUT2D eigenvalue weighted by atomic mass is 19.1. The van der Waals surface area contributed by atoms with Crippen LogP contribution in [0, 0.1) is 5.82 Å². The van der Waals surface area contributed by atoms with Crippen LogP contribution in [-0.2, 0) is 19.4 Å². The summed E-state index contributed by atoms with van der Waals surface area (Å²) in [5.74, 6) is 0.973. The second-order valence-electron chi connectivity index (χ2n) is 6.30. The van der Waals surface area contributed by atoms with Crippen LogP contribution in [0.3, 0.4) is 0 Å². The first-order valence-corrected chi connectivity index (χ1v) is 9.05. The number of imidazole rings is 1. The zero-order valence-corrected chi connectivity index (χ0v) is 15.3. The SMILES string of the molecule is CCCc1c(Cn2ccnc2-c2ncccc2F)ncn2c(CC)nnc12. The van der Waals surface area contributed by atoms with Gasteiger partial charge in [0.1, 0.15) is 17.8 Å². The van der Waals surface area contributed by atoms with E-state index < -0.39 is 5.82 Å². The standard InChI is InChI=1S/C19H20FN7/c1-3-6-13-15(23-12-27-16(4-2)24-25-18(13)27)11-26-10-9-22-19(26)17-14(20)7-5-8-21-17/h5,7-10,12H,3-4,6,11H2,1-2H3. The number of fused-ring (bicyclic) bond motifs is 1. The summed E-state index contributed by atoms with van der Waals surface area (Å²) in [6.07, 6.45) is 9.39. The van der Waals surface area contributed by atoms with E-state index in [2.05, 4.69) is 32.1 Å². The van der Waals surface area contributed by atoms with Crippen molar-refractivity contribution in [1.82, 2.24) is 34.1 Å². The smallest absolute Gasteiger partial charge is 0.167 e. The summed E-state index contributed by atoms with van der Waals surface area (Å²) >= 11 is 0. The van der Waals surface area contributed by atoms with E-state index in [0.717, 1.165) is 42.0 Å². The molecule has 0 atom stereocenters. The number of nitrogens with zero attached hydrogens (tertiary/aromatic N) is 7. The fourth-order valence-corrected chi connectivity index (χ4v) is 3.23. The van der Waals surface area contributed by atoms with E-state index in [1.807, 2.05) is 22.1 Å². The van der Waals surface area contributed by atoms with E-state index in [-0.39, 0.29) is 5.69 Å². The molecule has 0 aliphatic rings. The Morgan fingerprint density at radius 2 is 1.96 bits per heavy atom. The van der Waals surface area contributed by atoms with Crippen LogP contribution in [0.4, 0.5) is 4.39 Å². The molecule has 4 rings (SSSR count). The van der Waals surface area contributed by atoms with Crippen LogP contribution in [0.25, 0.3) is 17.2 Å². The summed E-state index contributed by atoms with van der Waals surface area (Å²) < 4.78 is 18.0. The molecule has 0 aromatic carbocycles. The first-order chi connectivity index (χ1) is 13.2. The van der Waals surface area contributed by atoms with Gasteiger partial charge in [0.25, 0.3) is 0 Å². The minimum Gasteiger partial charge on any atom is -0.324 e. The van der Waals surface area contributed by atoms with E-state index in [9.17, 15) is 4.39 Å². The largest absolute Gasteiger partial charge is 0.324 e. The second-order valence-corrected chi connectivity index (χ2v) is 6.30. The Hall–Kier alpha value is -3.16. The molecule has 0 amide bonds. The average Bonchev–Trinajstić information content (AvgIpc) is 3.31. The van der Waals surface area contributed by atoms with Crippen molar-refractivity contribution in [3.8, 4) is 11.5 Å². The number of hydrogen-bond donors (Lipinski definition) is 0. The zero-order valence-electron chi connectivity index (χ0n) is 15.3. The molecule has 0 fully saturated rings. The van der Waals surface area contributed by atoms with Gasteiger partial charge in [-0.05, 0) is 18.6 Å². The van der Waals surface area contributed by atoms with Crippen molar-refractivity contribution in [2.45, 2.75) is 39.7 Å². The molecule has 0 spiro atoms. The van der Waals surface area contributed by atoms with Crippen molar-refractivity contribution in [3.05, 3.63) is 59.9 Å².